The van der Waals surface area contributed by atoms with Crippen molar-refractivity contribution >= 4 is 17.3 Å². The molecule has 4 N–H and O–H groups in total. The second-order valence-corrected chi connectivity index (χ2v) is 4.15. The van der Waals surface area contributed by atoms with Gasteiger partial charge in [-0.1, -0.05) is 0 Å². The highest BCUT2D eigenvalue weighted by molar-refractivity contribution is 5.99. The summed E-state index contributed by atoms with van der Waals surface area (Å²) < 4.78 is 0. The average molecular weight is 219 g/mol. The van der Waals surface area contributed by atoms with Gasteiger partial charge in [-0.25, -0.2) is 0 Å². The third-order valence-electron chi connectivity index (χ3n) is 2.96. The van der Waals surface area contributed by atoms with Crippen molar-refractivity contribution in [3.63, 3.8) is 0 Å². The molecule has 0 unspecified atom stereocenters. The van der Waals surface area contributed by atoms with Crippen LogP contribution >= 0.6 is 0 Å². The van der Waals surface area contributed by atoms with E-state index in [1.165, 1.54) is 12.8 Å². The van der Waals surface area contributed by atoms with Gasteiger partial charge >= 0.3 is 0 Å². The molecule has 4 heteroatoms. The molecular formula is C12H17N3O. The normalized spacial score (nSPS) is 14.8. The Morgan fingerprint density at radius 1 is 1.50 bits per heavy atom. The van der Waals surface area contributed by atoms with Crippen LogP contribution in [0.15, 0.2) is 18.2 Å². The molecule has 1 saturated carbocycles. The first-order chi connectivity index (χ1) is 7.63. The molecule has 0 radical (unpaired) electrons. The number of nitrogens with two attached hydrogens (primary N) is 2. The molecule has 1 aromatic carbocycles. The van der Waals surface area contributed by atoms with Crippen molar-refractivity contribution in [1.82, 2.24) is 0 Å². The van der Waals surface area contributed by atoms with Crippen molar-refractivity contribution in [1.29, 1.82) is 0 Å². The van der Waals surface area contributed by atoms with Crippen LogP contribution in [-0.2, 0) is 0 Å². The smallest absolute Gasteiger partial charge is 0.250 e. The summed E-state index contributed by atoms with van der Waals surface area (Å²) in [6.45, 7) is 3.05. The van der Waals surface area contributed by atoms with Gasteiger partial charge in [0.15, 0.2) is 0 Å². The predicted octanol–water partition coefficient (Wildman–Crippen LogP) is 1.36. The first-order valence-electron chi connectivity index (χ1n) is 5.59. The molecule has 1 aliphatic carbocycles. The highest BCUT2D eigenvalue weighted by atomic mass is 16.1. The SMILES string of the molecule is CCN(c1ccc(N)c(C(N)=O)c1)C1CC1. The van der Waals surface area contributed by atoms with Gasteiger partial charge in [-0.05, 0) is 38.0 Å². The second-order valence-electron chi connectivity index (χ2n) is 4.15. The fourth-order valence-electron chi connectivity index (χ4n) is 1.97. The Balaban J connectivity index is 2.33. The van der Waals surface area contributed by atoms with Crippen LogP contribution in [0.1, 0.15) is 30.1 Å². The number of hydrogen-bond donors (Lipinski definition) is 2. The van der Waals surface area contributed by atoms with Crippen molar-refractivity contribution in [3.05, 3.63) is 23.8 Å². The van der Waals surface area contributed by atoms with E-state index in [0.29, 0.717) is 17.3 Å². The molecular weight excluding hydrogens is 202 g/mol. The summed E-state index contributed by atoms with van der Waals surface area (Å²) in [5, 5.41) is 0. The van der Waals surface area contributed by atoms with E-state index < -0.39 is 5.91 Å². The number of carbonyl (C=O) groups is 1. The highest BCUT2D eigenvalue weighted by Gasteiger charge is 2.28. The van der Waals surface area contributed by atoms with E-state index in [2.05, 4.69) is 11.8 Å². The molecule has 16 heavy (non-hydrogen) atoms. The molecule has 4 nitrogen and oxygen atoms in total. The van der Waals surface area contributed by atoms with Gasteiger partial charge in [-0.3, -0.25) is 4.79 Å². The molecule has 0 aromatic heterocycles. The summed E-state index contributed by atoms with van der Waals surface area (Å²) in [7, 11) is 0. The van der Waals surface area contributed by atoms with Crippen LogP contribution in [-0.4, -0.2) is 18.5 Å². The Bertz CT molecular complexity index is 413. The van der Waals surface area contributed by atoms with Gasteiger partial charge in [0.05, 0.1) is 5.56 Å². The van der Waals surface area contributed by atoms with Crippen LogP contribution in [0.4, 0.5) is 11.4 Å². The van der Waals surface area contributed by atoms with Crippen LogP contribution in [0.3, 0.4) is 0 Å². The average Bonchev–Trinajstić information content (AvgIpc) is 3.05. The second kappa shape index (κ2) is 4.04. The van der Waals surface area contributed by atoms with Gasteiger partial charge in [-0.15, -0.1) is 0 Å². The van der Waals surface area contributed by atoms with Crippen molar-refractivity contribution < 1.29 is 4.79 Å². The molecule has 0 atom stereocenters. The van der Waals surface area contributed by atoms with Gasteiger partial charge in [0.1, 0.15) is 0 Å². The molecule has 0 saturated heterocycles. The van der Waals surface area contributed by atoms with E-state index in [1.54, 1.807) is 12.1 Å². The lowest BCUT2D eigenvalue weighted by Crippen LogP contribution is -2.25. The molecule has 2 rings (SSSR count). The van der Waals surface area contributed by atoms with E-state index in [-0.39, 0.29) is 0 Å². The van der Waals surface area contributed by atoms with Gasteiger partial charge in [-0.2, -0.15) is 0 Å². The van der Waals surface area contributed by atoms with Crippen LogP contribution in [0.25, 0.3) is 0 Å². The summed E-state index contributed by atoms with van der Waals surface area (Å²) in [5.41, 5.74) is 12.9. The van der Waals surface area contributed by atoms with Crippen molar-refractivity contribution in [2.45, 2.75) is 25.8 Å². The lowest BCUT2D eigenvalue weighted by atomic mass is 10.1. The first-order valence-corrected chi connectivity index (χ1v) is 5.59. The number of carbonyl (C=O) groups excluding carboxylic acids is 1. The van der Waals surface area contributed by atoms with Crippen molar-refractivity contribution in [2.75, 3.05) is 17.2 Å². The van der Waals surface area contributed by atoms with Gasteiger partial charge in [0.2, 0.25) is 0 Å². The summed E-state index contributed by atoms with van der Waals surface area (Å²) >= 11 is 0. The van der Waals surface area contributed by atoms with Crippen molar-refractivity contribution in [3.8, 4) is 0 Å². The third kappa shape index (κ3) is 1.96. The molecule has 1 fully saturated rings. The zero-order valence-electron chi connectivity index (χ0n) is 9.44. The Kier molecular flexibility index (Phi) is 2.73. The Labute approximate surface area is 95.2 Å². The summed E-state index contributed by atoms with van der Waals surface area (Å²) in [6, 6.07) is 6.11. The molecule has 1 aromatic rings. The van der Waals surface area contributed by atoms with Crippen LogP contribution in [0.5, 0.6) is 0 Å². The van der Waals surface area contributed by atoms with Gasteiger partial charge in [0.25, 0.3) is 5.91 Å². The van der Waals surface area contributed by atoms with E-state index in [1.807, 2.05) is 6.07 Å². The van der Waals surface area contributed by atoms with Gasteiger partial charge in [0, 0.05) is 24.0 Å². The monoisotopic (exact) mass is 219 g/mol. The third-order valence-corrected chi connectivity index (χ3v) is 2.96. The maximum atomic E-state index is 11.2. The van der Waals surface area contributed by atoms with E-state index in [9.17, 15) is 4.79 Å². The number of primary amides is 1. The number of nitrogens with zero attached hydrogens (tertiary/aromatic N) is 1. The summed E-state index contributed by atoms with van der Waals surface area (Å²) in [4.78, 5) is 13.5. The fraction of sp³-hybridized carbons (Fsp3) is 0.417. The lowest BCUT2D eigenvalue weighted by molar-refractivity contribution is 0.100. The highest BCUT2D eigenvalue weighted by Crippen LogP contribution is 2.32. The number of amides is 1. The molecule has 86 valence electrons. The standard InChI is InChI=1S/C12H17N3O/c1-2-15(8-3-4-8)9-5-6-11(13)10(7-9)12(14)16/h5-8H,2-4,13H2,1H3,(H2,14,16). The molecule has 1 aliphatic rings. The number of rotatable bonds is 4. The maximum absolute atomic E-state index is 11.2. The van der Waals surface area contributed by atoms with Crippen LogP contribution < -0.4 is 16.4 Å². The number of benzene rings is 1. The molecule has 0 heterocycles. The van der Waals surface area contributed by atoms with Crippen LogP contribution in [0.2, 0.25) is 0 Å². The quantitative estimate of drug-likeness (QED) is 0.751. The largest absolute Gasteiger partial charge is 0.398 e. The molecule has 0 spiro atoms. The zero-order chi connectivity index (χ0) is 11.7. The Morgan fingerprint density at radius 2 is 2.19 bits per heavy atom. The fourth-order valence-corrected chi connectivity index (χ4v) is 1.97. The number of anilines is 2. The summed E-state index contributed by atoms with van der Waals surface area (Å²) in [6.07, 6.45) is 2.45. The number of nitrogen functional groups attached to an aromatic ring is 1. The first kappa shape index (κ1) is 10.8. The Hall–Kier alpha value is -1.71. The van der Waals surface area contributed by atoms with E-state index in [4.69, 9.17) is 11.5 Å². The van der Waals surface area contributed by atoms with E-state index >= 15 is 0 Å². The molecule has 0 bridgehead atoms. The van der Waals surface area contributed by atoms with Crippen molar-refractivity contribution in [2.24, 2.45) is 5.73 Å². The predicted molar refractivity (Wildman–Crippen MR) is 65.4 cm³/mol. The Morgan fingerprint density at radius 3 is 2.69 bits per heavy atom. The topological polar surface area (TPSA) is 72.3 Å². The number of hydrogen-bond acceptors (Lipinski definition) is 3. The minimum atomic E-state index is -0.466. The minimum absolute atomic E-state index is 0.414. The van der Waals surface area contributed by atoms with E-state index in [0.717, 1.165) is 12.2 Å². The zero-order valence-corrected chi connectivity index (χ0v) is 9.44. The summed E-state index contributed by atoms with van der Waals surface area (Å²) in [5.74, 6) is -0.466. The van der Waals surface area contributed by atoms with Crippen LogP contribution in [0, 0.1) is 0 Å². The minimum Gasteiger partial charge on any atom is -0.398 e. The molecule has 0 aliphatic heterocycles. The van der Waals surface area contributed by atoms with Gasteiger partial charge < -0.3 is 16.4 Å². The maximum Gasteiger partial charge on any atom is 0.250 e. The molecule has 1 amide bonds. The lowest BCUT2D eigenvalue weighted by Gasteiger charge is -2.23.